The van der Waals surface area contributed by atoms with E-state index < -0.39 is 12.1 Å². The fourth-order valence-corrected chi connectivity index (χ4v) is 3.61. The lowest BCUT2D eigenvalue weighted by atomic mass is 9.93. The first-order chi connectivity index (χ1) is 13.5. The van der Waals surface area contributed by atoms with E-state index >= 15 is 0 Å². The summed E-state index contributed by atoms with van der Waals surface area (Å²) < 4.78 is 12.6. The lowest BCUT2D eigenvalue weighted by molar-refractivity contribution is 0.0527. The van der Waals surface area contributed by atoms with E-state index in [1.165, 1.54) is 6.20 Å². The van der Waals surface area contributed by atoms with E-state index in [0.717, 1.165) is 16.7 Å². The molecule has 5 nitrogen and oxygen atoms in total. The standard InChI is InChI=1S/C21H20Cl2N2O3/c1-4-28-21(26)17-12-24-25(2)19(17)14-10-9-13(22)11-16(14)20(27-3)15-7-5-6-8-18(15)23/h5-12,20H,4H2,1-3H3. The normalized spacial score (nSPS) is 12.0. The van der Waals surface area contributed by atoms with Gasteiger partial charge in [-0.2, -0.15) is 5.10 Å². The number of halogens is 2. The van der Waals surface area contributed by atoms with Gasteiger partial charge < -0.3 is 9.47 Å². The molecule has 1 unspecified atom stereocenters. The number of hydrogen-bond donors (Lipinski definition) is 0. The summed E-state index contributed by atoms with van der Waals surface area (Å²) in [6.07, 6.45) is 1.02. The Bertz CT molecular complexity index is 1000. The van der Waals surface area contributed by atoms with Crippen LogP contribution in [-0.2, 0) is 16.5 Å². The third-order valence-electron chi connectivity index (χ3n) is 4.41. The monoisotopic (exact) mass is 418 g/mol. The molecule has 2 aromatic carbocycles. The topological polar surface area (TPSA) is 53.3 Å². The quantitative estimate of drug-likeness (QED) is 0.509. The van der Waals surface area contributed by atoms with Crippen LogP contribution in [0.1, 0.15) is 34.5 Å². The maximum absolute atomic E-state index is 12.4. The van der Waals surface area contributed by atoms with Gasteiger partial charge in [-0.1, -0.05) is 47.5 Å². The molecule has 0 bridgehead atoms. The van der Waals surface area contributed by atoms with Gasteiger partial charge in [0.05, 0.1) is 18.5 Å². The van der Waals surface area contributed by atoms with Crippen LogP contribution in [0.2, 0.25) is 10.0 Å². The highest BCUT2D eigenvalue weighted by Crippen LogP contribution is 2.39. The Hall–Kier alpha value is -2.34. The molecule has 0 saturated heterocycles. The first kappa shape index (κ1) is 20.4. The molecule has 7 heteroatoms. The van der Waals surface area contributed by atoms with Crippen molar-refractivity contribution in [1.29, 1.82) is 0 Å². The summed E-state index contributed by atoms with van der Waals surface area (Å²) in [7, 11) is 3.38. The minimum absolute atomic E-state index is 0.279. The zero-order chi connectivity index (χ0) is 20.3. The van der Waals surface area contributed by atoms with Crippen molar-refractivity contribution in [2.75, 3.05) is 13.7 Å². The minimum Gasteiger partial charge on any atom is -0.462 e. The SMILES string of the molecule is CCOC(=O)c1cnn(C)c1-c1ccc(Cl)cc1C(OC)c1ccccc1Cl. The molecule has 0 amide bonds. The second kappa shape index (κ2) is 8.78. The van der Waals surface area contributed by atoms with Crippen molar-refractivity contribution in [2.45, 2.75) is 13.0 Å². The summed E-state index contributed by atoms with van der Waals surface area (Å²) in [5.41, 5.74) is 3.34. The van der Waals surface area contributed by atoms with E-state index in [4.69, 9.17) is 32.7 Å². The third kappa shape index (κ3) is 3.92. The van der Waals surface area contributed by atoms with Crippen molar-refractivity contribution in [1.82, 2.24) is 9.78 Å². The van der Waals surface area contributed by atoms with Gasteiger partial charge in [0.2, 0.25) is 0 Å². The molecule has 0 spiro atoms. The van der Waals surface area contributed by atoms with Crippen molar-refractivity contribution in [2.24, 2.45) is 7.05 Å². The maximum atomic E-state index is 12.4. The molecule has 1 heterocycles. The molecule has 0 fully saturated rings. The van der Waals surface area contributed by atoms with Gasteiger partial charge in [0.1, 0.15) is 11.7 Å². The van der Waals surface area contributed by atoms with Crippen molar-refractivity contribution in [3.63, 3.8) is 0 Å². The molecule has 0 aliphatic heterocycles. The Morgan fingerprint density at radius 1 is 1.18 bits per heavy atom. The van der Waals surface area contributed by atoms with Crippen molar-refractivity contribution in [3.05, 3.63) is 75.4 Å². The number of aromatic nitrogens is 2. The molecular weight excluding hydrogens is 399 g/mol. The van der Waals surface area contributed by atoms with Crippen LogP contribution in [-0.4, -0.2) is 29.5 Å². The van der Waals surface area contributed by atoms with Crippen LogP contribution >= 0.6 is 23.2 Å². The molecule has 0 N–H and O–H groups in total. The van der Waals surface area contributed by atoms with Crippen LogP contribution in [0.4, 0.5) is 0 Å². The molecule has 3 rings (SSSR count). The number of carbonyl (C=O) groups excluding carboxylic acids is 1. The van der Waals surface area contributed by atoms with E-state index in [1.54, 1.807) is 37.9 Å². The molecule has 1 atom stereocenters. The predicted molar refractivity (Wildman–Crippen MR) is 110 cm³/mol. The smallest absolute Gasteiger partial charge is 0.341 e. The number of benzene rings is 2. The number of hydrogen-bond acceptors (Lipinski definition) is 4. The van der Waals surface area contributed by atoms with Gasteiger partial charge in [0.15, 0.2) is 0 Å². The van der Waals surface area contributed by atoms with Gasteiger partial charge in [-0.05, 0) is 30.7 Å². The Kier molecular flexibility index (Phi) is 6.39. The number of nitrogens with zero attached hydrogens (tertiary/aromatic N) is 2. The summed E-state index contributed by atoms with van der Waals surface area (Å²) in [6.45, 7) is 2.04. The minimum atomic E-state index is -0.479. The van der Waals surface area contributed by atoms with Gasteiger partial charge in [0, 0.05) is 35.3 Å². The Morgan fingerprint density at radius 3 is 2.61 bits per heavy atom. The molecule has 0 aliphatic carbocycles. The van der Waals surface area contributed by atoms with Gasteiger partial charge in [-0.3, -0.25) is 4.68 Å². The summed E-state index contributed by atoms with van der Waals surface area (Å²) >= 11 is 12.7. The molecule has 28 heavy (non-hydrogen) atoms. The highest BCUT2D eigenvalue weighted by molar-refractivity contribution is 6.31. The van der Waals surface area contributed by atoms with E-state index in [0.29, 0.717) is 21.3 Å². The third-order valence-corrected chi connectivity index (χ3v) is 4.99. The average molecular weight is 419 g/mol. The summed E-state index contributed by atoms with van der Waals surface area (Å²) in [4.78, 5) is 12.4. The van der Waals surface area contributed by atoms with Crippen LogP contribution in [0, 0.1) is 0 Å². The van der Waals surface area contributed by atoms with Crippen LogP contribution < -0.4 is 0 Å². The lowest BCUT2D eigenvalue weighted by Gasteiger charge is -2.21. The van der Waals surface area contributed by atoms with Crippen LogP contribution in [0.5, 0.6) is 0 Å². The highest BCUT2D eigenvalue weighted by atomic mass is 35.5. The molecule has 1 aromatic heterocycles. The number of esters is 1. The van der Waals surface area contributed by atoms with Gasteiger partial charge in [0.25, 0.3) is 0 Å². The van der Waals surface area contributed by atoms with Crippen molar-refractivity contribution >= 4 is 29.2 Å². The van der Waals surface area contributed by atoms with Gasteiger partial charge >= 0.3 is 5.97 Å². The first-order valence-corrected chi connectivity index (χ1v) is 9.49. The van der Waals surface area contributed by atoms with Crippen LogP contribution in [0.3, 0.4) is 0 Å². The molecule has 0 aliphatic rings. The van der Waals surface area contributed by atoms with Crippen LogP contribution in [0.25, 0.3) is 11.3 Å². The Labute approximate surface area is 173 Å². The van der Waals surface area contributed by atoms with Crippen LogP contribution in [0.15, 0.2) is 48.7 Å². The number of aryl methyl sites for hydroxylation is 1. The van der Waals surface area contributed by atoms with E-state index in [2.05, 4.69) is 5.10 Å². The Morgan fingerprint density at radius 2 is 1.93 bits per heavy atom. The zero-order valence-corrected chi connectivity index (χ0v) is 17.3. The largest absolute Gasteiger partial charge is 0.462 e. The fraction of sp³-hybridized carbons (Fsp3) is 0.238. The molecule has 0 saturated carbocycles. The van der Waals surface area contributed by atoms with E-state index in [9.17, 15) is 4.79 Å². The summed E-state index contributed by atoms with van der Waals surface area (Å²) in [5.74, 6) is -0.432. The fourth-order valence-electron chi connectivity index (χ4n) is 3.19. The average Bonchev–Trinajstić information content (AvgIpc) is 3.06. The highest BCUT2D eigenvalue weighted by Gasteiger charge is 2.26. The number of carbonyl (C=O) groups is 1. The summed E-state index contributed by atoms with van der Waals surface area (Å²) in [5, 5.41) is 5.38. The van der Waals surface area contributed by atoms with Crippen molar-refractivity contribution in [3.8, 4) is 11.3 Å². The van der Waals surface area contributed by atoms with Gasteiger partial charge in [-0.15, -0.1) is 0 Å². The number of rotatable bonds is 6. The lowest BCUT2D eigenvalue weighted by Crippen LogP contribution is -2.10. The van der Waals surface area contributed by atoms with Gasteiger partial charge in [-0.25, -0.2) is 4.79 Å². The molecule has 3 aromatic rings. The number of methoxy groups -OCH3 is 1. The zero-order valence-electron chi connectivity index (χ0n) is 15.8. The molecular formula is C21H20Cl2N2O3. The summed E-state index contributed by atoms with van der Waals surface area (Å²) in [6, 6.07) is 12.9. The second-order valence-corrected chi connectivity index (χ2v) is 6.96. The predicted octanol–water partition coefficient (Wildman–Crippen LogP) is 5.31. The van der Waals surface area contributed by atoms with E-state index in [-0.39, 0.29) is 6.61 Å². The Balaban J connectivity index is 2.22. The first-order valence-electron chi connectivity index (χ1n) is 8.74. The molecule has 146 valence electrons. The molecule has 0 radical (unpaired) electrons. The van der Waals surface area contributed by atoms with E-state index in [1.807, 2.05) is 30.3 Å². The number of ether oxygens (including phenoxy) is 2. The van der Waals surface area contributed by atoms with Crippen molar-refractivity contribution < 1.29 is 14.3 Å². The second-order valence-electron chi connectivity index (χ2n) is 6.12. The maximum Gasteiger partial charge on any atom is 0.341 e.